The molecule has 0 aromatic heterocycles. The van der Waals surface area contributed by atoms with Crippen molar-refractivity contribution >= 4 is 6.29 Å². The fraction of sp³-hybridized carbons (Fsp3) is 0.286. The van der Waals surface area contributed by atoms with Gasteiger partial charge in [0.25, 0.3) is 0 Å². The van der Waals surface area contributed by atoms with Crippen LogP contribution in [0.5, 0.6) is 0 Å². The first-order valence-electron chi connectivity index (χ1n) is 3.21. The van der Waals surface area contributed by atoms with Gasteiger partial charge >= 0.3 is 0 Å². The van der Waals surface area contributed by atoms with Gasteiger partial charge in [-0.25, -0.2) is 0 Å². The summed E-state index contributed by atoms with van der Waals surface area (Å²) in [6.45, 7) is 0. The Morgan fingerprint density at radius 2 is 2.45 bits per heavy atom. The van der Waals surface area contributed by atoms with Crippen molar-refractivity contribution in [1.82, 2.24) is 0 Å². The molecule has 0 heterocycles. The van der Waals surface area contributed by atoms with Gasteiger partial charge in [0.2, 0.25) is 6.04 Å². The molecular weight excluding hydrogens is 146 g/mol. The molecule has 0 N–H and O–H groups in total. The molecule has 0 amide bonds. The minimum atomic E-state index is -0.654. The Morgan fingerprint density at radius 3 is 2.82 bits per heavy atom. The number of allylic oxidation sites excluding steroid dienone is 2. The number of carbonyl (C=O) groups is 1. The van der Waals surface area contributed by atoms with Crippen molar-refractivity contribution in [3.8, 4) is 0 Å². The average Bonchev–Trinajstić information content (AvgIpc) is 2.05. The van der Waals surface area contributed by atoms with E-state index in [0.29, 0.717) is 18.3 Å². The second-order valence-corrected chi connectivity index (χ2v) is 2.27. The predicted octanol–water partition coefficient (Wildman–Crippen LogP) is 0.717. The van der Waals surface area contributed by atoms with Crippen molar-refractivity contribution in [1.29, 1.82) is 0 Å². The van der Waals surface area contributed by atoms with Crippen LogP contribution < -0.4 is 0 Å². The Morgan fingerprint density at radius 1 is 1.73 bits per heavy atom. The fourth-order valence-electron chi connectivity index (χ4n) is 0.869. The van der Waals surface area contributed by atoms with Gasteiger partial charge in [0.15, 0.2) is 0 Å². The first-order chi connectivity index (χ1) is 5.24. The summed E-state index contributed by atoms with van der Waals surface area (Å²) in [5.41, 5.74) is 0.517. The van der Waals surface area contributed by atoms with E-state index >= 15 is 0 Å². The zero-order chi connectivity index (χ0) is 8.27. The van der Waals surface area contributed by atoms with E-state index in [9.17, 15) is 14.9 Å². The molecule has 1 rings (SSSR count). The summed E-state index contributed by atoms with van der Waals surface area (Å²) in [6.07, 6.45) is 5.48. The second-order valence-electron chi connectivity index (χ2n) is 2.27. The van der Waals surface area contributed by atoms with E-state index in [1.54, 1.807) is 6.08 Å². The molecule has 4 nitrogen and oxygen atoms in total. The molecule has 0 aromatic rings. The normalized spacial score (nSPS) is 22.5. The van der Waals surface area contributed by atoms with E-state index in [1.165, 1.54) is 12.2 Å². The highest BCUT2D eigenvalue weighted by atomic mass is 16.6. The van der Waals surface area contributed by atoms with Crippen molar-refractivity contribution < 1.29 is 9.72 Å². The number of hydrogen-bond donors (Lipinski definition) is 0. The predicted molar refractivity (Wildman–Crippen MR) is 38.7 cm³/mol. The van der Waals surface area contributed by atoms with E-state index in [-0.39, 0.29) is 4.92 Å². The van der Waals surface area contributed by atoms with Crippen molar-refractivity contribution in [3.05, 3.63) is 33.9 Å². The summed E-state index contributed by atoms with van der Waals surface area (Å²) in [6, 6.07) is -0.654. The summed E-state index contributed by atoms with van der Waals surface area (Å²) >= 11 is 0. The van der Waals surface area contributed by atoms with Crippen LogP contribution in [0.15, 0.2) is 23.8 Å². The molecule has 4 heteroatoms. The Labute approximate surface area is 63.4 Å². The maximum Gasteiger partial charge on any atom is 0.235 e. The van der Waals surface area contributed by atoms with Gasteiger partial charge in [0.1, 0.15) is 6.29 Å². The fourth-order valence-corrected chi connectivity index (χ4v) is 0.869. The molecule has 0 radical (unpaired) electrons. The Bertz CT molecular complexity index is 242. The van der Waals surface area contributed by atoms with Crippen LogP contribution in [0.3, 0.4) is 0 Å². The first-order valence-corrected chi connectivity index (χ1v) is 3.21. The number of rotatable bonds is 2. The summed E-state index contributed by atoms with van der Waals surface area (Å²) in [5, 5.41) is 10.2. The van der Waals surface area contributed by atoms with E-state index in [0.717, 1.165) is 0 Å². The minimum absolute atomic E-state index is 0.317. The first kappa shape index (κ1) is 7.65. The van der Waals surface area contributed by atoms with Crippen molar-refractivity contribution in [2.24, 2.45) is 0 Å². The van der Waals surface area contributed by atoms with Gasteiger partial charge in [-0.3, -0.25) is 14.9 Å². The number of nitro groups is 1. The summed E-state index contributed by atoms with van der Waals surface area (Å²) in [5.74, 6) is 0. The molecule has 1 unspecified atom stereocenters. The number of carbonyl (C=O) groups excluding carboxylic acids is 1. The lowest BCUT2D eigenvalue weighted by Gasteiger charge is -2.05. The van der Waals surface area contributed by atoms with Gasteiger partial charge in [-0.2, -0.15) is 0 Å². The molecule has 1 atom stereocenters. The topological polar surface area (TPSA) is 60.2 Å². The standard InChI is InChI=1S/C7H7NO3/c9-5-6-1-3-7(4-2-6)8(10)11/h1-3,5,7H,4H2. The van der Waals surface area contributed by atoms with E-state index in [1.807, 2.05) is 0 Å². The third kappa shape index (κ3) is 1.73. The van der Waals surface area contributed by atoms with Gasteiger partial charge < -0.3 is 0 Å². The minimum Gasteiger partial charge on any atom is -0.298 e. The van der Waals surface area contributed by atoms with Crippen molar-refractivity contribution in [2.45, 2.75) is 12.5 Å². The van der Waals surface area contributed by atoms with Crippen molar-refractivity contribution in [3.63, 3.8) is 0 Å². The monoisotopic (exact) mass is 153 g/mol. The lowest BCUT2D eigenvalue weighted by atomic mass is 10.0. The quantitative estimate of drug-likeness (QED) is 0.333. The zero-order valence-electron chi connectivity index (χ0n) is 5.77. The maximum atomic E-state index is 10.2. The molecule has 0 spiro atoms. The van der Waals surface area contributed by atoms with E-state index in [2.05, 4.69) is 0 Å². The molecule has 11 heavy (non-hydrogen) atoms. The summed E-state index contributed by atoms with van der Waals surface area (Å²) in [7, 11) is 0. The lowest BCUT2D eigenvalue weighted by Crippen LogP contribution is -2.17. The van der Waals surface area contributed by atoms with Crippen LogP contribution in [0.25, 0.3) is 0 Å². The number of nitrogens with zero attached hydrogens (tertiary/aromatic N) is 1. The van der Waals surface area contributed by atoms with Crippen LogP contribution in [0.4, 0.5) is 0 Å². The van der Waals surface area contributed by atoms with Gasteiger partial charge in [-0.15, -0.1) is 0 Å². The van der Waals surface area contributed by atoms with Crippen molar-refractivity contribution in [2.75, 3.05) is 0 Å². The van der Waals surface area contributed by atoms with Crippen LogP contribution >= 0.6 is 0 Å². The highest BCUT2D eigenvalue weighted by Crippen LogP contribution is 2.10. The zero-order valence-corrected chi connectivity index (χ0v) is 5.77. The largest absolute Gasteiger partial charge is 0.298 e. The van der Waals surface area contributed by atoms with Gasteiger partial charge in [-0.05, 0) is 12.2 Å². The third-order valence-electron chi connectivity index (χ3n) is 1.51. The van der Waals surface area contributed by atoms with Crippen LogP contribution in [0.2, 0.25) is 0 Å². The highest BCUT2D eigenvalue weighted by Gasteiger charge is 2.17. The Balaban J connectivity index is 2.64. The van der Waals surface area contributed by atoms with Gasteiger partial charge in [-0.1, -0.05) is 6.08 Å². The third-order valence-corrected chi connectivity index (χ3v) is 1.51. The molecule has 0 saturated heterocycles. The molecule has 0 saturated carbocycles. The second kappa shape index (κ2) is 3.09. The molecule has 1 aliphatic carbocycles. The summed E-state index contributed by atoms with van der Waals surface area (Å²) < 4.78 is 0. The number of hydrogen-bond acceptors (Lipinski definition) is 3. The maximum absolute atomic E-state index is 10.2. The molecule has 0 aliphatic heterocycles. The molecule has 1 aliphatic rings. The van der Waals surface area contributed by atoms with Crippen LogP contribution in [0, 0.1) is 10.1 Å². The Hall–Kier alpha value is -1.45. The Kier molecular flexibility index (Phi) is 2.15. The van der Waals surface area contributed by atoms with E-state index < -0.39 is 6.04 Å². The smallest absolute Gasteiger partial charge is 0.235 e. The van der Waals surface area contributed by atoms with Gasteiger partial charge in [0.05, 0.1) is 0 Å². The van der Waals surface area contributed by atoms with E-state index in [4.69, 9.17) is 0 Å². The molecular formula is C7H7NO3. The average molecular weight is 153 g/mol. The van der Waals surface area contributed by atoms with Crippen LogP contribution in [0.1, 0.15) is 6.42 Å². The highest BCUT2D eigenvalue weighted by molar-refractivity contribution is 5.77. The molecule has 0 bridgehead atoms. The SMILES string of the molecule is O=CC1=CCC([N+](=O)[O-])C=C1. The number of aldehydes is 1. The molecule has 0 fully saturated rings. The van der Waals surface area contributed by atoms with Gasteiger partial charge in [0, 0.05) is 16.9 Å². The molecule has 58 valence electrons. The molecule has 0 aromatic carbocycles. The van der Waals surface area contributed by atoms with Crippen LogP contribution in [-0.4, -0.2) is 17.3 Å². The summed E-state index contributed by atoms with van der Waals surface area (Å²) in [4.78, 5) is 20.0. The van der Waals surface area contributed by atoms with Crippen LogP contribution in [-0.2, 0) is 4.79 Å². The lowest BCUT2D eigenvalue weighted by molar-refractivity contribution is -0.508.